The summed E-state index contributed by atoms with van der Waals surface area (Å²) in [5, 5.41) is 3.70. The van der Waals surface area contributed by atoms with Crippen LogP contribution in [0.5, 0.6) is 0 Å². The molecule has 1 fully saturated rings. The second kappa shape index (κ2) is 8.69. The molecule has 1 saturated heterocycles. The van der Waals surface area contributed by atoms with E-state index in [-0.39, 0.29) is 4.90 Å². The predicted octanol–water partition coefficient (Wildman–Crippen LogP) is 4.07. The molecule has 0 saturated carbocycles. The van der Waals surface area contributed by atoms with Gasteiger partial charge in [0.25, 0.3) is 0 Å². The zero-order valence-electron chi connectivity index (χ0n) is 15.2. The third-order valence-electron chi connectivity index (χ3n) is 4.47. The summed E-state index contributed by atoms with van der Waals surface area (Å²) >= 11 is 3.11. The van der Waals surface area contributed by atoms with E-state index in [0.717, 1.165) is 40.7 Å². The fraction of sp³-hybridized carbons (Fsp3) is 0.316. The first kappa shape index (κ1) is 19.5. The van der Waals surface area contributed by atoms with Crippen LogP contribution in [0.3, 0.4) is 0 Å². The van der Waals surface area contributed by atoms with E-state index in [2.05, 4.69) is 15.0 Å². The van der Waals surface area contributed by atoms with Crippen LogP contribution in [-0.4, -0.2) is 40.8 Å². The Kier molecular flexibility index (Phi) is 6.05. The van der Waals surface area contributed by atoms with Crippen LogP contribution in [0, 0.1) is 0 Å². The highest BCUT2D eigenvalue weighted by atomic mass is 32.2. The van der Waals surface area contributed by atoms with Crippen LogP contribution < -0.4 is 0 Å². The standard InChI is InChI=1S/C19H20N4O2S3/c24-28(25,23-10-4-1-5-11-23)16-7-8-18(21-12-16)26-13-15-14-27-19(22-15)17-6-2-3-9-20-17/h2-3,6-9,12,14H,1,4-5,10-11,13H2. The fourth-order valence-corrected chi connectivity index (χ4v) is 6.09. The van der Waals surface area contributed by atoms with E-state index < -0.39 is 10.0 Å². The maximum absolute atomic E-state index is 12.7. The van der Waals surface area contributed by atoms with Crippen molar-refractivity contribution in [2.24, 2.45) is 0 Å². The number of sulfonamides is 1. The van der Waals surface area contributed by atoms with Crippen LogP contribution in [0.4, 0.5) is 0 Å². The molecule has 146 valence electrons. The van der Waals surface area contributed by atoms with Crippen LogP contribution in [0.2, 0.25) is 0 Å². The third-order valence-corrected chi connectivity index (χ3v) is 8.24. The molecule has 0 bridgehead atoms. The maximum atomic E-state index is 12.7. The average molecular weight is 433 g/mol. The Labute approximate surface area is 173 Å². The van der Waals surface area contributed by atoms with Crippen LogP contribution >= 0.6 is 23.1 Å². The lowest BCUT2D eigenvalue weighted by molar-refractivity contribution is 0.346. The summed E-state index contributed by atoms with van der Waals surface area (Å²) in [6.45, 7) is 1.20. The Balaban J connectivity index is 1.39. The van der Waals surface area contributed by atoms with Crippen molar-refractivity contribution in [3.05, 3.63) is 53.8 Å². The van der Waals surface area contributed by atoms with Gasteiger partial charge in [-0.2, -0.15) is 4.31 Å². The van der Waals surface area contributed by atoms with Gasteiger partial charge in [0.15, 0.2) is 0 Å². The topological polar surface area (TPSA) is 76.0 Å². The molecule has 28 heavy (non-hydrogen) atoms. The van der Waals surface area contributed by atoms with Crippen molar-refractivity contribution in [1.29, 1.82) is 0 Å². The summed E-state index contributed by atoms with van der Waals surface area (Å²) < 4.78 is 26.9. The Morgan fingerprint density at radius 1 is 1.07 bits per heavy atom. The number of aromatic nitrogens is 3. The van der Waals surface area contributed by atoms with Gasteiger partial charge in [0.05, 0.1) is 16.4 Å². The highest BCUT2D eigenvalue weighted by molar-refractivity contribution is 7.98. The van der Waals surface area contributed by atoms with Gasteiger partial charge in [-0.05, 0) is 37.1 Å². The van der Waals surface area contributed by atoms with Gasteiger partial charge in [0.2, 0.25) is 10.0 Å². The summed E-state index contributed by atoms with van der Waals surface area (Å²) in [6, 6.07) is 9.20. The molecule has 0 spiro atoms. The number of hydrogen-bond donors (Lipinski definition) is 0. The Morgan fingerprint density at radius 2 is 1.93 bits per heavy atom. The lowest BCUT2D eigenvalue weighted by Crippen LogP contribution is -2.35. The van der Waals surface area contributed by atoms with Gasteiger partial charge < -0.3 is 0 Å². The Hall–Kier alpha value is -1.81. The molecule has 0 N–H and O–H groups in total. The minimum atomic E-state index is -3.43. The molecule has 0 atom stereocenters. The molecule has 0 unspecified atom stereocenters. The summed E-state index contributed by atoms with van der Waals surface area (Å²) in [5.41, 5.74) is 1.83. The fourth-order valence-electron chi connectivity index (χ4n) is 2.99. The van der Waals surface area contributed by atoms with Gasteiger partial charge in [-0.25, -0.2) is 18.4 Å². The first-order valence-corrected chi connectivity index (χ1v) is 12.4. The van der Waals surface area contributed by atoms with Crippen LogP contribution in [0.25, 0.3) is 10.7 Å². The normalized spacial score (nSPS) is 15.6. The smallest absolute Gasteiger partial charge is 0.244 e. The van der Waals surface area contributed by atoms with Crippen molar-refractivity contribution in [2.75, 3.05) is 13.1 Å². The minimum Gasteiger partial charge on any atom is -0.254 e. The maximum Gasteiger partial charge on any atom is 0.244 e. The first-order valence-electron chi connectivity index (χ1n) is 9.08. The molecule has 0 aromatic carbocycles. The molecule has 0 aliphatic carbocycles. The molecule has 6 nitrogen and oxygen atoms in total. The van der Waals surface area contributed by atoms with Gasteiger partial charge in [-0.15, -0.1) is 23.1 Å². The molecule has 1 aliphatic rings. The van der Waals surface area contributed by atoms with Gasteiger partial charge in [-0.3, -0.25) is 4.98 Å². The zero-order valence-corrected chi connectivity index (χ0v) is 17.6. The molecule has 1 aliphatic heterocycles. The van der Waals surface area contributed by atoms with Crippen molar-refractivity contribution >= 4 is 33.1 Å². The SMILES string of the molecule is O=S(=O)(c1ccc(SCc2csc(-c3ccccn3)n2)nc1)N1CCCCC1. The molecular formula is C19H20N4O2S3. The largest absolute Gasteiger partial charge is 0.254 e. The first-order chi connectivity index (χ1) is 13.6. The summed E-state index contributed by atoms with van der Waals surface area (Å²) in [4.78, 5) is 13.5. The van der Waals surface area contributed by atoms with E-state index in [1.165, 1.54) is 6.20 Å². The lowest BCUT2D eigenvalue weighted by Gasteiger charge is -2.25. The number of nitrogens with zero attached hydrogens (tertiary/aromatic N) is 4. The summed E-state index contributed by atoms with van der Waals surface area (Å²) in [5.74, 6) is 0.675. The lowest BCUT2D eigenvalue weighted by atomic mass is 10.2. The minimum absolute atomic E-state index is 0.268. The monoisotopic (exact) mass is 432 g/mol. The molecule has 0 amide bonds. The van der Waals surface area contributed by atoms with Crippen molar-refractivity contribution in [2.45, 2.75) is 34.9 Å². The molecule has 4 rings (SSSR count). The van der Waals surface area contributed by atoms with E-state index in [9.17, 15) is 8.42 Å². The van der Waals surface area contributed by atoms with Gasteiger partial charge in [0.1, 0.15) is 9.90 Å². The van der Waals surface area contributed by atoms with E-state index in [4.69, 9.17) is 0 Å². The van der Waals surface area contributed by atoms with E-state index >= 15 is 0 Å². The second-order valence-electron chi connectivity index (χ2n) is 6.44. The summed E-state index contributed by atoms with van der Waals surface area (Å²) in [7, 11) is -3.43. The van der Waals surface area contributed by atoms with Crippen LogP contribution in [-0.2, 0) is 15.8 Å². The highest BCUT2D eigenvalue weighted by Crippen LogP contribution is 2.27. The molecule has 0 radical (unpaired) electrons. The van der Waals surface area contributed by atoms with Crippen molar-refractivity contribution in [3.63, 3.8) is 0 Å². The van der Waals surface area contributed by atoms with E-state index in [1.54, 1.807) is 45.7 Å². The Morgan fingerprint density at radius 3 is 2.64 bits per heavy atom. The van der Waals surface area contributed by atoms with Gasteiger partial charge >= 0.3 is 0 Å². The van der Waals surface area contributed by atoms with Crippen LogP contribution in [0.1, 0.15) is 25.0 Å². The molecule has 3 aromatic heterocycles. The van der Waals surface area contributed by atoms with Crippen molar-refractivity contribution in [3.8, 4) is 10.7 Å². The number of thioether (sulfide) groups is 1. The number of piperidine rings is 1. The Bertz CT molecular complexity index is 1010. The number of rotatable bonds is 6. The molecular weight excluding hydrogens is 412 g/mol. The number of hydrogen-bond acceptors (Lipinski definition) is 7. The molecule has 9 heteroatoms. The third kappa shape index (κ3) is 4.43. The van der Waals surface area contributed by atoms with Gasteiger partial charge in [0, 0.05) is 36.6 Å². The number of thiazole rings is 1. The van der Waals surface area contributed by atoms with Crippen molar-refractivity contribution < 1.29 is 8.42 Å². The van der Waals surface area contributed by atoms with Crippen LogP contribution in [0.15, 0.2) is 58.0 Å². The quantitative estimate of drug-likeness (QED) is 0.547. The average Bonchev–Trinajstić information content (AvgIpc) is 3.23. The molecule has 4 heterocycles. The van der Waals surface area contributed by atoms with Gasteiger partial charge in [-0.1, -0.05) is 12.5 Å². The number of pyridine rings is 2. The zero-order chi connectivity index (χ0) is 19.4. The van der Waals surface area contributed by atoms with Crippen molar-refractivity contribution in [1.82, 2.24) is 19.3 Å². The highest BCUT2D eigenvalue weighted by Gasteiger charge is 2.26. The predicted molar refractivity (Wildman–Crippen MR) is 112 cm³/mol. The second-order valence-corrected chi connectivity index (χ2v) is 10.2. The molecule has 3 aromatic rings. The summed E-state index contributed by atoms with van der Waals surface area (Å²) in [6.07, 6.45) is 6.17. The van der Waals surface area contributed by atoms with E-state index in [0.29, 0.717) is 18.8 Å². The van der Waals surface area contributed by atoms with E-state index in [1.807, 2.05) is 23.6 Å².